The summed E-state index contributed by atoms with van der Waals surface area (Å²) >= 11 is 0. The van der Waals surface area contributed by atoms with Gasteiger partial charge in [0.25, 0.3) is 5.91 Å². The van der Waals surface area contributed by atoms with Gasteiger partial charge in [0.2, 0.25) is 5.88 Å². The van der Waals surface area contributed by atoms with Crippen LogP contribution in [0, 0.1) is 5.82 Å². The Balaban J connectivity index is 2.49. The van der Waals surface area contributed by atoms with E-state index in [1.807, 2.05) is 0 Å². The first-order valence-corrected chi connectivity index (χ1v) is 5.45. The van der Waals surface area contributed by atoms with Crippen molar-refractivity contribution in [3.05, 3.63) is 53.5 Å². The van der Waals surface area contributed by atoms with E-state index < -0.39 is 23.3 Å². The highest BCUT2D eigenvalue weighted by Crippen LogP contribution is 2.27. The summed E-state index contributed by atoms with van der Waals surface area (Å²) in [6.07, 6.45) is 1.33. The molecule has 0 aliphatic rings. The van der Waals surface area contributed by atoms with Crippen LogP contribution in [0.3, 0.4) is 0 Å². The highest BCUT2D eigenvalue weighted by Gasteiger charge is 2.19. The second-order valence-corrected chi connectivity index (χ2v) is 3.74. The Labute approximate surface area is 112 Å². The number of carboxylic acids is 1. The summed E-state index contributed by atoms with van der Waals surface area (Å²) < 4.78 is 18.7. The van der Waals surface area contributed by atoms with E-state index in [0.717, 1.165) is 6.07 Å². The molecule has 7 heteroatoms. The zero-order valence-corrected chi connectivity index (χ0v) is 10.0. The summed E-state index contributed by atoms with van der Waals surface area (Å²) in [5.41, 5.74) is 4.47. The standard InChI is InChI=1S/C13H9FN2O4/c14-8-4-1-5-9(10(8)13(18)19)20-12-7(11(15)17)3-2-6-16-12/h1-6H,(H2,15,17)(H,18,19). The summed E-state index contributed by atoms with van der Waals surface area (Å²) in [6, 6.07) is 6.36. The van der Waals surface area contributed by atoms with Gasteiger partial charge in [0, 0.05) is 6.20 Å². The molecule has 1 aromatic carbocycles. The lowest BCUT2D eigenvalue weighted by molar-refractivity contribution is 0.0688. The minimum absolute atomic E-state index is 0.0342. The zero-order chi connectivity index (χ0) is 14.7. The molecule has 0 radical (unpaired) electrons. The number of carbonyl (C=O) groups is 2. The Morgan fingerprint density at radius 2 is 2.00 bits per heavy atom. The van der Waals surface area contributed by atoms with Crippen LogP contribution in [0.5, 0.6) is 11.6 Å². The summed E-state index contributed by atoms with van der Waals surface area (Å²) in [5.74, 6) is -3.69. The van der Waals surface area contributed by atoms with Crippen LogP contribution in [-0.2, 0) is 0 Å². The van der Waals surface area contributed by atoms with Gasteiger partial charge in [-0.05, 0) is 24.3 Å². The van der Waals surface area contributed by atoms with E-state index in [2.05, 4.69) is 4.98 Å². The maximum atomic E-state index is 13.5. The number of aromatic carboxylic acids is 1. The molecule has 1 aromatic heterocycles. The van der Waals surface area contributed by atoms with Crippen molar-refractivity contribution in [2.24, 2.45) is 5.73 Å². The van der Waals surface area contributed by atoms with Crippen LogP contribution in [0.25, 0.3) is 0 Å². The molecule has 1 heterocycles. The fourth-order valence-corrected chi connectivity index (χ4v) is 1.56. The quantitative estimate of drug-likeness (QED) is 0.886. The van der Waals surface area contributed by atoms with Crippen LogP contribution < -0.4 is 10.5 Å². The molecule has 102 valence electrons. The number of primary amides is 1. The number of carbonyl (C=O) groups excluding carboxylic acids is 1. The molecule has 2 aromatic rings. The topological polar surface area (TPSA) is 103 Å². The van der Waals surface area contributed by atoms with E-state index in [1.165, 1.54) is 30.5 Å². The number of nitrogens with zero attached hydrogens (tertiary/aromatic N) is 1. The molecule has 0 aliphatic carbocycles. The predicted octanol–water partition coefficient (Wildman–Crippen LogP) is 1.81. The van der Waals surface area contributed by atoms with Gasteiger partial charge in [-0.3, -0.25) is 4.79 Å². The highest BCUT2D eigenvalue weighted by atomic mass is 19.1. The predicted molar refractivity (Wildman–Crippen MR) is 66.2 cm³/mol. The third-order valence-corrected chi connectivity index (χ3v) is 2.43. The average Bonchev–Trinajstić information content (AvgIpc) is 2.38. The molecule has 1 amide bonds. The maximum Gasteiger partial charge on any atom is 0.342 e. The number of rotatable bonds is 4. The molecule has 0 unspecified atom stereocenters. The molecule has 0 saturated carbocycles. The number of benzene rings is 1. The Bertz CT molecular complexity index is 688. The third kappa shape index (κ3) is 2.56. The van der Waals surface area contributed by atoms with Crippen molar-refractivity contribution >= 4 is 11.9 Å². The molecule has 0 aliphatic heterocycles. The fraction of sp³-hybridized carbons (Fsp3) is 0. The van der Waals surface area contributed by atoms with E-state index in [9.17, 15) is 14.0 Å². The number of amides is 1. The van der Waals surface area contributed by atoms with Crippen LogP contribution in [0.2, 0.25) is 0 Å². The summed E-state index contributed by atoms with van der Waals surface area (Å²) in [6.45, 7) is 0. The van der Waals surface area contributed by atoms with E-state index in [-0.39, 0.29) is 17.2 Å². The van der Waals surface area contributed by atoms with Gasteiger partial charge in [0.05, 0.1) is 0 Å². The van der Waals surface area contributed by atoms with E-state index in [4.69, 9.17) is 15.6 Å². The summed E-state index contributed by atoms with van der Waals surface area (Å²) in [4.78, 5) is 26.0. The monoisotopic (exact) mass is 276 g/mol. The number of nitrogens with two attached hydrogens (primary N) is 1. The first kappa shape index (κ1) is 13.5. The van der Waals surface area contributed by atoms with Gasteiger partial charge in [-0.25, -0.2) is 14.2 Å². The van der Waals surface area contributed by atoms with Crippen molar-refractivity contribution in [2.45, 2.75) is 0 Å². The molecule has 0 atom stereocenters. The Hall–Kier alpha value is -2.96. The molecule has 20 heavy (non-hydrogen) atoms. The van der Waals surface area contributed by atoms with Gasteiger partial charge in [-0.1, -0.05) is 6.07 Å². The number of carboxylic acid groups (broad SMARTS) is 1. The van der Waals surface area contributed by atoms with Crippen LogP contribution in [0.1, 0.15) is 20.7 Å². The van der Waals surface area contributed by atoms with Gasteiger partial charge in [0.1, 0.15) is 22.7 Å². The number of halogens is 1. The van der Waals surface area contributed by atoms with Crippen LogP contribution in [0.4, 0.5) is 4.39 Å². The largest absolute Gasteiger partial charge is 0.477 e. The van der Waals surface area contributed by atoms with Crippen LogP contribution >= 0.6 is 0 Å². The normalized spacial score (nSPS) is 10.1. The van der Waals surface area contributed by atoms with Gasteiger partial charge in [-0.2, -0.15) is 0 Å². The van der Waals surface area contributed by atoms with Crippen molar-refractivity contribution in [1.82, 2.24) is 4.98 Å². The summed E-state index contributed by atoms with van der Waals surface area (Å²) in [5, 5.41) is 8.97. The van der Waals surface area contributed by atoms with Crippen LogP contribution in [0.15, 0.2) is 36.5 Å². The molecule has 0 bridgehead atoms. The number of hydrogen-bond acceptors (Lipinski definition) is 4. The minimum atomic E-state index is -1.49. The Kier molecular flexibility index (Phi) is 3.60. The van der Waals surface area contributed by atoms with Crippen LogP contribution in [-0.4, -0.2) is 22.0 Å². The van der Waals surface area contributed by atoms with Gasteiger partial charge >= 0.3 is 5.97 Å². The van der Waals surface area contributed by atoms with Gasteiger partial charge < -0.3 is 15.6 Å². The lowest BCUT2D eigenvalue weighted by Crippen LogP contribution is -2.13. The molecule has 3 N–H and O–H groups in total. The number of pyridine rings is 1. The maximum absolute atomic E-state index is 13.5. The van der Waals surface area contributed by atoms with Crippen molar-refractivity contribution < 1.29 is 23.8 Å². The third-order valence-electron chi connectivity index (χ3n) is 2.43. The number of ether oxygens (including phenoxy) is 1. The van der Waals surface area contributed by atoms with Gasteiger partial charge in [0.15, 0.2) is 0 Å². The average molecular weight is 276 g/mol. The first-order chi connectivity index (χ1) is 9.50. The molecular weight excluding hydrogens is 267 g/mol. The lowest BCUT2D eigenvalue weighted by atomic mass is 10.2. The molecule has 0 spiro atoms. The lowest BCUT2D eigenvalue weighted by Gasteiger charge is -2.10. The zero-order valence-electron chi connectivity index (χ0n) is 10.0. The van der Waals surface area contributed by atoms with Gasteiger partial charge in [-0.15, -0.1) is 0 Å². The number of aromatic nitrogens is 1. The molecule has 0 fully saturated rings. The van der Waals surface area contributed by atoms with E-state index in [1.54, 1.807) is 0 Å². The Morgan fingerprint density at radius 1 is 1.25 bits per heavy atom. The van der Waals surface area contributed by atoms with E-state index >= 15 is 0 Å². The van der Waals surface area contributed by atoms with Crippen molar-refractivity contribution in [2.75, 3.05) is 0 Å². The molecule has 0 saturated heterocycles. The summed E-state index contributed by atoms with van der Waals surface area (Å²) in [7, 11) is 0. The second-order valence-electron chi connectivity index (χ2n) is 3.74. The van der Waals surface area contributed by atoms with Crippen molar-refractivity contribution in [3.63, 3.8) is 0 Å². The first-order valence-electron chi connectivity index (χ1n) is 5.45. The molecule has 2 rings (SSSR count). The molecular formula is C13H9FN2O4. The van der Waals surface area contributed by atoms with Crippen molar-refractivity contribution in [1.29, 1.82) is 0 Å². The minimum Gasteiger partial charge on any atom is -0.477 e. The molecule has 6 nitrogen and oxygen atoms in total. The fourth-order valence-electron chi connectivity index (χ4n) is 1.56. The van der Waals surface area contributed by atoms with E-state index in [0.29, 0.717) is 0 Å². The highest BCUT2D eigenvalue weighted by molar-refractivity contribution is 5.95. The second kappa shape index (κ2) is 5.35. The number of hydrogen-bond donors (Lipinski definition) is 2. The Morgan fingerprint density at radius 3 is 2.65 bits per heavy atom. The van der Waals surface area contributed by atoms with Crippen molar-refractivity contribution in [3.8, 4) is 11.6 Å². The SMILES string of the molecule is NC(=O)c1cccnc1Oc1cccc(F)c1C(=O)O. The smallest absolute Gasteiger partial charge is 0.342 e.